The molecule has 0 spiro atoms. The second kappa shape index (κ2) is 10.8. The quantitative estimate of drug-likeness (QED) is 0.421. The van der Waals surface area contributed by atoms with E-state index in [1.165, 1.54) is 11.8 Å². The van der Waals surface area contributed by atoms with E-state index in [0.29, 0.717) is 12.1 Å². The van der Waals surface area contributed by atoms with E-state index in [-0.39, 0.29) is 43.9 Å². The highest BCUT2D eigenvalue weighted by molar-refractivity contribution is 5.77. The molecule has 1 aromatic heterocycles. The first-order chi connectivity index (χ1) is 15.7. The molecule has 188 valence electrons. The third-order valence-electron chi connectivity index (χ3n) is 4.73. The molecule has 0 bridgehead atoms. The van der Waals surface area contributed by atoms with Gasteiger partial charge in [0.15, 0.2) is 17.5 Å². The molecular weight excluding hydrogens is 476 g/mol. The van der Waals surface area contributed by atoms with Gasteiger partial charge < -0.3 is 25.4 Å². The van der Waals surface area contributed by atoms with Crippen LogP contribution in [0.3, 0.4) is 0 Å². The SMILES string of the molecule is CC(O)C(=O)O.N[C@@H](CC(=O)N1CCn2c(nnc2C(F)(F)F)C1)Cc1cc(F)c(F)cc1F. The Labute approximate surface area is 188 Å². The van der Waals surface area contributed by atoms with Gasteiger partial charge in [-0.25, -0.2) is 18.0 Å². The fourth-order valence-electron chi connectivity index (χ4n) is 3.01. The van der Waals surface area contributed by atoms with Gasteiger partial charge in [0, 0.05) is 31.6 Å². The minimum Gasteiger partial charge on any atom is -0.479 e. The normalized spacial score (nSPS) is 15.1. The summed E-state index contributed by atoms with van der Waals surface area (Å²) >= 11 is 0. The van der Waals surface area contributed by atoms with Crippen LogP contribution in [0.5, 0.6) is 0 Å². The summed E-state index contributed by atoms with van der Waals surface area (Å²) in [7, 11) is 0. The molecule has 0 saturated carbocycles. The van der Waals surface area contributed by atoms with Crippen LogP contribution in [0.4, 0.5) is 26.3 Å². The van der Waals surface area contributed by atoms with Crippen LogP contribution < -0.4 is 5.73 Å². The Morgan fingerprint density at radius 3 is 2.26 bits per heavy atom. The number of aromatic nitrogens is 3. The lowest BCUT2D eigenvalue weighted by Crippen LogP contribution is -2.42. The summed E-state index contributed by atoms with van der Waals surface area (Å²) < 4.78 is 79.3. The van der Waals surface area contributed by atoms with E-state index < -0.39 is 53.5 Å². The summed E-state index contributed by atoms with van der Waals surface area (Å²) in [5.74, 6) is -6.33. The first-order valence-electron chi connectivity index (χ1n) is 9.77. The van der Waals surface area contributed by atoms with Gasteiger partial charge in [0.2, 0.25) is 11.7 Å². The number of hydrogen-bond donors (Lipinski definition) is 3. The van der Waals surface area contributed by atoms with E-state index in [0.717, 1.165) is 4.57 Å². The molecule has 1 unspecified atom stereocenters. The van der Waals surface area contributed by atoms with E-state index in [1.807, 2.05) is 0 Å². The van der Waals surface area contributed by atoms with Gasteiger partial charge >= 0.3 is 12.1 Å². The maximum atomic E-state index is 13.7. The van der Waals surface area contributed by atoms with Gasteiger partial charge in [-0.2, -0.15) is 13.2 Å². The van der Waals surface area contributed by atoms with Gasteiger partial charge in [-0.1, -0.05) is 0 Å². The van der Waals surface area contributed by atoms with E-state index in [4.69, 9.17) is 15.9 Å². The number of rotatable bonds is 5. The second-order valence-electron chi connectivity index (χ2n) is 7.44. The molecule has 34 heavy (non-hydrogen) atoms. The van der Waals surface area contributed by atoms with Gasteiger partial charge in [0.05, 0.1) is 6.54 Å². The monoisotopic (exact) mass is 497 g/mol. The van der Waals surface area contributed by atoms with Crippen molar-refractivity contribution in [2.45, 2.75) is 51.2 Å². The van der Waals surface area contributed by atoms with Gasteiger partial charge in [-0.15, -0.1) is 10.2 Å². The molecule has 2 heterocycles. The molecule has 1 aromatic carbocycles. The third kappa shape index (κ3) is 6.90. The van der Waals surface area contributed by atoms with Crippen LogP contribution in [0.25, 0.3) is 0 Å². The highest BCUT2D eigenvalue weighted by atomic mass is 19.4. The minimum atomic E-state index is -4.64. The maximum absolute atomic E-state index is 13.7. The van der Waals surface area contributed by atoms with Crippen molar-refractivity contribution >= 4 is 11.9 Å². The zero-order valence-corrected chi connectivity index (χ0v) is 17.7. The topological polar surface area (TPSA) is 135 Å². The number of amides is 1. The zero-order valence-electron chi connectivity index (χ0n) is 17.7. The number of halogens is 6. The minimum absolute atomic E-state index is 0.000783. The van der Waals surface area contributed by atoms with E-state index in [2.05, 4.69) is 10.2 Å². The fraction of sp³-hybridized carbons (Fsp3) is 0.474. The Kier molecular flexibility index (Phi) is 8.61. The number of fused-ring (bicyclic) bond motifs is 1. The van der Waals surface area contributed by atoms with Crippen LogP contribution in [0.15, 0.2) is 12.1 Å². The predicted octanol–water partition coefficient (Wildman–Crippen LogP) is 1.47. The molecule has 0 fully saturated rings. The lowest BCUT2D eigenvalue weighted by molar-refractivity contribution is -0.148. The first-order valence-corrected chi connectivity index (χ1v) is 9.77. The number of carboxylic acid groups (broad SMARTS) is 1. The number of aliphatic hydroxyl groups is 1. The van der Waals surface area contributed by atoms with Crippen LogP contribution in [0.2, 0.25) is 0 Å². The Balaban J connectivity index is 0.000000604. The highest BCUT2D eigenvalue weighted by Gasteiger charge is 2.40. The number of nitrogens with zero attached hydrogens (tertiary/aromatic N) is 4. The van der Waals surface area contributed by atoms with Crippen molar-refractivity contribution in [2.75, 3.05) is 6.54 Å². The number of nitrogens with two attached hydrogens (primary N) is 1. The second-order valence-corrected chi connectivity index (χ2v) is 7.44. The zero-order chi connectivity index (χ0) is 25.8. The van der Waals surface area contributed by atoms with Crippen molar-refractivity contribution in [3.8, 4) is 0 Å². The molecule has 1 aliphatic heterocycles. The molecule has 2 atom stereocenters. The van der Waals surface area contributed by atoms with Gasteiger partial charge in [-0.05, 0) is 25.0 Å². The van der Waals surface area contributed by atoms with Crippen molar-refractivity contribution in [2.24, 2.45) is 5.73 Å². The molecule has 9 nitrogen and oxygen atoms in total. The van der Waals surface area contributed by atoms with Crippen molar-refractivity contribution in [1.82, 2.24) is 19.7 Å². The standard InChI is InChI=1S/C16H15F6N5O.C3H6O3/c17-10-6-12(19)11(18)4-8(10)3-9(23)5-14(28)26-1-2-27-13(7-26)24-25-15(27)16(20,21)22;1-2(4)3(5)6/h4,6,9H,1-3,5,7,23H2;2,4H,1H3,(H,5,6)/t9-;/m1./s1. The molecule has 0 radical (unpaired) electrons. The molecule has 3 rings (SSSR count). The molecular formula is C19H21F6N5O4. The first kappa shape index (κ1) is 27.0. The van der Waals surface area contributed by atoms with Gasteiger partial charge in [-0.3, -0.25) is 4.79 Å². The van der Waals surface area contributed by atoms with Crippen LogP contribution in [-0.4, -0.2) is 60.4 Å². The number of hydrogen-bond acceptors (Lipinski definition) is 6. The summed E-state index contributed by atoms with van der Waals surface area (Å²) in [6, 6.07) is 0.184. The summed E-state index contributed by atoms with van der Waals surface area (Å²) in [4.78, 5) is 23.1. The molecule has 4 N–H and O–H groups in total. The maximum Gasteiger partial charge on any atom is 0.451 e. The van der Waals surface area contributed by atoms with E-state index in [1.54, 1.807) is 0 Å². The number of aliphatic carboxylic acids is 1. The van der Waals surface area contributed by atoms with Crippen LogP contribution >= 0.6 is 0 Å². The smallest absolute Gasteiger partial charge is 0.451 e. The Morgan fingerprint density at radius 2 is 1.71 bits per heavy atom. The average Bonchev–Trinajstić information content (AvgIpc) is 3.16. The van der Waals surface area contributed by atoms with Gasteiger partial charge in [0.1, 0.15) is 11.9 Å². The summed E-state index contributed by atoms with van der Waals surface area (Å²) in [6.07, 6.45) is -6.34. The lowest BCUT2D eigenvalue weighted by Gasteiger charge is -2.29. The Bertz CT molecular complexity index is 1040. The number of benzene rings is 1. The molecule has 2 aromatic rings. The Morgan fingerprint density at radius 1 is 1.12 bits per heavy atom. The Hall–Kier alpha value is -3.20. The summed E-state index contributed by atoms with van der Waals surface area (Å²) in [5.41, 5.74) is 5.64. The van der Waals surface area contributed by atoms with Crippen molar-refractivity contribution < 1.29 is 46.1 Å². The van der Waals surface area contributed by atoms with Crippen LogP contribution in [0, 0.1) is 17.5 Å². The molecule has 1 aliphatic rings. The van der Waals surface area contributed by atoms with Crippen molar-refractivity contribution in [1.29, 1.82) is 0 Å². The third-order valence-corrected chi connectivity index (χ3v) is 4.73. The molecule has 1 amide bonds. The number of carbonyl (C=O) groups excluding carboxylic acids is 1. The summed E-state index contributed by atoms with van der Waals surface area (Å²) in [5, 5.41) is 22.4. The van der Waals surface area contributed by atoms with Gasteiger partial charge in [0.25, 0.3) is 0 Å². The number of alkyl halides is 3. The molecule has 0 aliphatic carbocycles. The molecule has 15 heteroatoms. The van der Waals surface area contributed by atoms with Crippen LogP contribution in [0.1, 0.15) is 30.6 Å². The average molecular weight is 497 g/mol. The fourth-order valence-corrected chi connectivity index (χ4v) is 3.01. The van der Waals surface area contributed by atoms with Crippen LogP contribution in [-0.2, 0) is 35.3 Å². The lowest BCUT2D eigenvalue weighted by atomic mass is 10.0. The summed E-state index contributed by atoms with van der Waals surface area (Å²) in [6.45, 7) is 0.895. The number of carboxylic acids is 1. The number of carbonyl (C=O) groups is 2. The van der Waals surface area contributed by atoms with Crippen molar-refractivity contribution in [3.05, 3.63) is 46.8 Å². The number of aliphatic hydroxyl groups excluding tert-OH is 1. The van der Waals surface area contributed by atoms with Crippen molar-refractivity contribution in [3.63, 3.8) is 0 Å². The highest BCUT2D eigenvalue weighted by Crippen LogP contribution is 2.29. The largest absolute Gasteiger partial charge is 0.479 e. The predicted molar refractivity (Wildman–Crippen MR) is 102 cm³/mol. The van der Waals surface area contributed by atoms with E-state index >= 15 is 0 Å². The molecule has 0 saturated heterocycles. The van der Waals surface area contributed by atoms with E-state index in [9.17, 15) is 35.9 Å².